The van der Waals surface area contributed by atoms with Crippen LogP contribution in [0.25, 0.3) is 0 Å². The zero-order valence-electron chi connectivity index (χ0n) is 13.1. The molecule has 2 aromatic rings. The first-order valence-corrected chi connectivity index (χ1v) is 8.05. The molecule has 2 aromatic carbocycles. The SMILES string of the molecule is O=C1C(F)=C(F)C(=O)C2(F)C3c4ccccc4C(c4ccccc43)C12F. The molecule has 0 N–H and O–H groups in total. The van der Waals surface area contributed by atoms with E-state index in [0.717, 1.165) is 0 Å². The van der Waals surface area contributed by atoms with Crippen molar-refractivity contribution in [3.63, 3.8) is 0 Å². The van der Waals surface area contributed by atoms with Crippen molar-refractivity contribution in [3.05, 3.63) is 82.4 Å². The van der Waals surface area contributed by atoms with E-state index in [1.165, 1.54) is 24.3 Å². The monoisotopic (exact) mass is 358 g/mol. The maximum atomic E-state index is 16.1. The van der Waals surface area contributed by atoms with Gasteiger partial charge in [0.05, 0.1) is 11.8 Å². The van der Waals surface area contributed by atoms with Gasteiger partial charge in [0.1, 0.15) is 0 Å². The Hall–Kier alpha value is -2.76. The van der Waals surface area contributed by atoms with Gasteiger partial charge in [0.15, 0.2) is 0 Å². The molecule has 26 heavy (non-hydrogen) atoms. The second-order valence-electron chi connectivity index (χ2n) is 6.83. The van der Waals surface area contributed by atoms with E-state index in [9.17, 15) is 18.4 Å². The average molecular weight is 358 g/mol. The predicted octanol–water partition coefficient (Wildman–Crippen LogP) is 4.00. The summed E-state index contributed by atoms with van der Waals surface area (Å²) in [6, 6.07) is 12.5. The number of Topliss-reactive ketones (excluding diaryl/α,β-unsaturated/α-hetero) is 2. The molecule has 4 aliphatic rings. The maximum Gasteiger partial charge on any atom is 0.236 e. The first kappa shape index (κ1) is 15.5. The molecule has 0 aliphatic heterocycles. The van der Waals surface area contributed by atoms with Gasteiger partial charge in [0.2, 0.25) is 34.6 Å². The number of hydrogen-bond donors (Lipinski definition) is 0. The van der Waals surface area contributed by atoms with Gasteiger partial charge in [-0.05, 0) is 22.3 Å². The first-order valence-electron chi connectivity index (χ1n) is 8.05. The molecule has 0 amide bonds. The second kappa shape index (κ2) is 4.50. The Balaban J connectivity index is 1.97. The van der Waals surface area contributed by atoms with E-state index in [0.29, 0.717) is 22.3 Å². The van der Waals surface area contributed by atoms with E-state index in [1.807, 2.05) is 0 Å². The highest BCUT2D eigenvalue weighted by atomic mass is 19.2. The minimum atomic E-state index is -3.53. The molecule has 2 atom stereocenters. The minimum absolute atomic E-state index is 0.309. The molecule has 2 nitrogen and oxygen atoms in total. The standard InChI is InChI=1S/C20H10F4O2/c21-15-16(22)18(26)20(24)14-10-6-2-1-5-9(10)13(19(20,23)17(15)25)11-7-3-4-8-12(11)14/h1-8,13-14H. The van der Waals surface area contributed by atoms with Crippen LogP contribution in [0.2, 0.25) is 0 Å². The molecular weight excluding hydrogens is 348 g/mol. The number of alkyl halides is 2. The van der Waals surface area contributed by atoms with Crippen LogP contribution in [0.5, 0.6) is 0 Å². The summed E-state index contributed by atoms with van der Waals surface area (Å²) >= 11 is 0. The lowest BCUT2D eigenvalue weighted by Crippen LogP contribution is -2.71. The molecule has 2 unspecified atom stereocenters. The van der Waals surface area contributed by atoms with Crippen LogP contribution >= 0.6 is 0 Å². The van der Waals surface area contributed by atoms with E-state index in [4.69, 9.17) is 0 Å². The predicted molar refractivity (Wildman–Crippen MR) is 83.5 cm³/mol. The molecule has 0 aromatic heterocycles. The molecule has 0 heterocycles. The fourth-order valence-electron chi connectivity index (χ4n) is 4.80. The van der Waals surface area contributed by atoms with E-state index in [-0.39, 0.29) is 0 Å². The fraction of sp³-hybridized carbons (Fsp3) is 0.200. The molecular formula is C20H10F4O2. The van der Waals surface area contributed by atoms with Gasteiger partial charge in [0.25, 0.3) is 0 Å². The van der Waals surface area contributed by atoms with Gasteiger partial charge in [-0.3, -0.25) is 9.59 Å². The smallest absolute Gasteiger partial charge is 0.236 e. The van der Waals surface area contributed by atoms with Crippen LogP contribution < -0.4 is 0 Å². The quantitative estimate of drug-likeness (QED) is 0.667. The minimum Gasteiger partial charge on any atom is -0.288 e. The molecule has 0 radical (unpaired) electrons. The second-order valence-corrected chi connectivity index (χ2v) is 6.83. The normalized spacial score (nSPS) is 34.5. The van der Waals surface area contributed by atoms with Gasteiger partial charge < -0.3 is 0 Å². The lowest BCUT2D eigenvalue weighted by molar-refractivity contribution is -0.163. The van der Waals surface area contributed by atoms with Crippen molar-refractivity contribution >= 4 is 11.6 Å². The number of carbonyl (C=O) groups excluding carboxylic acids is 2. The summed E-state index contributed by atoms with van der Waals surface area (Å²) in [6.45, 7) is 0. The van der Waals surface area contributed by atoms with E-state index in [2.05, 4.69) is 0 Å². The van der Waals surface area contributed by atoms with Crippen LogP contribution in [0.3, 0.4) is 0 Å². The highest BCUT2D eigenvalue weighted by Gasteiger charge is 2.79. The number of rotatable bonds is 0. The number of allylic oxidation sites excluding steroid dienone is 2. The maximum absolute atomic E-state index is 16.1. The fourth-order valence-corrected chi connectivity index (χ4v) is 4.80. The molecule has 0 fully saturated rings. The third kappa shape index (κ3) is 1.35. The number of benzene rings is 2. The van der Waals surface area contributed by atoms with Crippen molar-refractivity contribution in [2.24, 2.45) is 0 Å². The van der Waals surface area contributed by atoms with Crippen LogP contribution in [0.1, 0.15) is 34.1 Å². The summed E-state index contributed by atoms with van der Waals surface area (Å²) < 4.78 is 60.3. The molecule has 130 valence electrons. The molecule has 4 aliphatic carbocycles. The Morgan fingerprint density at radius 3 is 1.15 bits per heavy atom. The highest BCUT2D eigenvalue weighted by Crippen LogP contribution is 2.67. The summed E-state index contributed by atoms with van der Waals surface area (Å²) in [7, 11) is 0. The van der Waals surface area contributed by atoms with E-state index >= 15 is 8.78 Å². The van der Waals surface area contributed by atoms with Gasteiger partial charge >= 0.3 is 0 Å². The molecule has 2 bridgehead atoms. The highest BCUT2D eigenvalue weighted by molar-refractivity contribution is 6.20. The first-order chi connectivity index (χ1) is 12.3. The summed E-state index contributed by atoms with van der Waals surface area (Å²) in [5.41, 5.74) is -5.83. The lowest BCUT2D eigenvalue weighted by atomic mass is 9.48. The van der Waals surface area contributed by atoms with Crippen molar-refractivity contribution in [2.75, 3.05) is 0 Å². The third-order valence-electron chi connectivity index (χ3n) is 5.81. The molecule has 6 heteroatoms. The van der Waals surface area contributed by atoms with E-state index < -0.39 is 46.4 Å². The van der Waals surface area contributed by atoms with Gasteiger partial charge in [-0.15, -0.1) is 0 Å². The van der Waals surface area contributed by atoms with E-state index in [1.54, 1.807) is 24.3 Å². The molecule has 0 saturated heterocycles. The van der Waals surface area contributed by atoms with Crippen molar-refractivity contribution < 1.29 is 27.2 Å². The number of ketones is 2. The van der Waals surface area contributed by atoms with Crippen LogP contribution in [0, 0.1) is 0 Å². The van der Waals surface area contributed by atoms with Gasteiger partial charge in [0, 0.05) is 0 Å². The van der Waals surface area contributed by atoms with Gasteiger partial charge in [-0.25, -0.2) is 8.78 Å². The van der Waals surface area contributed by atoms with Crippen LogP contribution in [-0.2, 0) is 9.59 Å². The van der Waals surface area contributed by atoms with Gasteiger partial charge in [-0.1, -0.05) is 48.5 Å². The Labute approximate surface area is 145 Å². The Morgan fingerprint density at radius 2 is 0.885 bits per heavy atom. The topological polar surface area (TPSA) is 34.1 Å². The van der Waals surface area contributed by atoms with Crippen LogP contribution in [0.4, 0.5) is 17.6 Å². The Bertz CT molecular complexity index is 930. The summed E-state index contributed by atoms with van der Waals surface area (Å²) in [5, 5.41) is 0. The number of carbonyl (C=O) groups is 2. The molecule has 0 saturated carbocycles. The molecule has 0 spiro atoms. The number of halogens is 4. The van der Waals surface area contributed by atoms with Crippen molar-refractivity contribution in [2.45, 2.75) is 23.2 Å². The lowest BCUT2D eigenvalue weighted by Gasteiger charge is -2.56. The summed E-state index contributed by atoms with van der Waals surface area (Å²) in [5.74, 6) is -11.2. The zero-order chi connectivity index (χ0) is 18.4. The third-order valence-corrected chi connectivity index (χ3v) is 5.81. The van der Waals surface area contributed by atoms with Gasteiger partial charge in [-0.2, -0.15) is 8.78 Å². The van der Waals surface area contributed by atoms with Crippen LogP contribution in [0.15, 0.2) is 60.2 Å². The Kier molecular flexibility index (Phi) is 2.68. The van der Waals surface area contributed by atoms with Crippen molar-refractivity contribution in [1.82, 2.24) is 0 Å². The average Bonchev–Trinajstić information content (AvgIpc) is 2.66. The van der Waals surface area contributed by atoms with Crippen LogP contribution in [-0.4, -0.2) is 22.9 Å². The summed E-state index contributed by atoms with van der Waals surface area (Å²) in [6.07, 6.45) is 0. The zero-order valence-corrected chi connectivity index (χ0v) is 13.1. The summed E-state index contributed by atoms with van der Waals surface area (Å²) in [4.78, 5) is 24.8. The number of hydrogen-bond acceptors (Lipinski definition) is 2. The Morgan fingerprint density at radius 1 is 0.615 bits per heavy atom. The largest absolute Gasteiger partial charge is 0.288 e. The molecule has 6 rings (SSSR count). The van der Waals surface area contributed by atoms with Crippen molar-refractivity contribution in [3.8, 4) is 0 Å². The van der Waals surface area contributed by atoms with Crippen molar-refractivity contribution in [1.29, 1.82) is 0 Å².